The standard InChI is InChI=1S/C25H31N3O3/c1-3-18(2)22(27-23(29)20-9-5-4-6-10-20)24(30)26-17-19-11-13-21(14-12-19)25(31)28-15-7-8-16-28/h4-6,9-14,18,22H,3,7-8,15-17H2,1-2H3,(H,26,30)(H,27,29)/t18-,22+/m0/s1. The molecule has 2 atom stereocenters. The lowest BCUT2D eigenvalue weighted by molar-refractivity contribution is -0.124. The molecule has 1 saturated heterocycles. The van der Waals surface area contributed by atoms with Crippen LogP contribution < -0.4 is 10.6 Å². The van der Waals surface area contributed by atoms with E-state index in [0.29, 0.717) is 17.7 Å². The molecular weight excluding hydrogens is 390 g/mol. The maximum atomic E-state index is 12.8. The van der Waals surface area contributed by atoms with Gasteiger partial charge in [0, 0.05) is 30.8 Å². The van der Waals surface area contributed by atoms with Crippen LogP contribution in [0, 0.1) is 5.92 Å². The molecule has 2 aromatic rings. The molecule has 0 aliphatic carbocycles. The van der Waals surface area contributed by atoms with Crippen LogP contribution in [0.25, 0.3) is 0 Å². The highest BCUT2D eigenvalue weighted by Gasteiger charge is 2.26. The number of nitrogens with one attached hydrogen (secondary N) is 2. The van der Waals surface area contributed by atoms with Crippen molar-refractivity contribution in [2.75, 3.05) is 13.1 Å². The van der Waals surface area contributed by atoms with E-state index in [-0.39, 0.29) is 23.6 Å². The molecule has 1 fully saturated rings. The third kappa shape index (κ3) is 5.94. The van der Waals surface area contributed by atoms with Crippen molar-refractivity contribution in [1.82, 2.24) is 15.5 Å². The predicted molar refractivity (Wildman–Crippen MR) is 121 cm³/mol. The van der Waals surface area contributed by atoms with E-state index in [2.05, 4.69) is 10.6 Å². The monoisotopic (exact) mass is 421 g/mol. The van der Waals surface area contributed by atoms with Gasteiger partial charge in [0.25, 0.3) is 11.8 Å². The van der Waals surface area contributed by atoms with Gasteiger partial charge in [0.1, 0.15) is 6.04 Å². The van der Waals surface area contributed by atoms with Gasteiger partial charge in [0.2, 0.25) is 5.91 Å². The summed E-state index contributed by atoms with van der Waals surface area (Å²) in [5.74, 6) is -0.414. The molecule has 3 rings (SSSR count). The van der Waals surface area contributed by atoms with Crippen LogP contribution >= 0.6 is 0 Å². The molecule has 0 unspecified atom stereocenters. The van der Waals surface area contributed by atoms with Gasteiger partial charge >= 0.3 is 0 Å². The summed E-state index contributed by atoms with van der Waals surface area (Å²) in [6.45, 7) is 5.93. The van der Waals surface area contributed by atoms with Crippen molar-refractivity contribution in [3.63, 3.8) is 0 Å². The second kappa shape index (κ2) is 10.8. The first-order chi connectivity index (χ1) is 15.0. The number of carbonyl (C=O) groups is 3. The Morgan fingerprint density at radius 3 is 2.19 bits per heavy atom. The molecule has 1 aliphatic heterocycles. The summed E-state index contributed by atoms with van der Waals surface area (Å²) in [5, 5.41) is 5.80. The van der Waals surface area contributed by atoms with Crippen LogP contribution in [0.2, 0.25) is 0 Å². The Morgan fingerprint density at radius 1 is 0.935 bits per heavy atom. The van der Waals surface area contributed by atoms with Gasteiger partial charge in [-0.3, -0.25) is 14.4 Å². The fourth-order valence-electron chi connectivity index (χ4n) is 3.68. The third-order valence-electron chi connectivity index (χ3n) is 5.88. The molecule has 0 bridgehead atoms. The second-order valence-electron chi connectivity index (χ2n) is 8.12. The summed E-state index contributed by atoms with van der Waals surface area (Å²) in [4.78, 5) is 39.7. The van der Waals surface area contributed by atoms with E-state index in [1.807, 2.05) is 49.1 Å². The lowest BCUT2D eigenvalue weighted by Crippen LogP contribution is -2.50. The smallest absolute Gasteiger partial charge is 0.253 e. The molecule has 31 heavy (non-hydrogen) atoms. The Hall–Kier alpha value is -3.15. The molecule has 2 aromatic carbocycles. The third-order valence-corrected chi connectivity index (χ3v) is 5.88. The molecule has 0 radical (unpaired) electrons. The Bertz CT molecular complexity index is 890. The summed E-state index contributed by atoms with van der Waals surface area (Å²) < 4.78 is 0. The number of hydrogen-bond donors (Lipinski definition) is 2. The summed E-state index contributed by atoms with van der Waals surface area (Å²) in [6, 6.07) is 15.6. The van der Waals surface area contributed by atoms with E-state index >= 15 is 0 Å². The molecule has 0 spiro atoms. The van der Waals surface area contributed by atoms with Crippen molar-refractivity contribution < 1.29 is 14.4 Å². The first-order valence-electron chi connectivity index (χ1n) is 11.0. The van der Waals surface area contributed by atoms with Crippen LogP contribution in [0.1, 0.15) is 59.4 Å². The largest absolute Gasteiger partial charge is 0.350 e. The van der Waals surface area contributed by atoms with E-state index in [4.69, 9.17) is 0 Å². The van der Waals surface area contributed by atoms with Gasteiger partial charge < -0.3 is 15.5 Å². The van der Waals surface area contributed by atoms with Crippen molar-refractivity contribution in [1.29, 1.82) is 0 Å². The van der Waals surface area contributed by atoms with E-state index in [1.54, 1.807) is 24.3 Å². The van der Waals surface area contributed by atoms with Gasteiger partial charge in [-0.25, -0.2) is 0 Å². The van der Waals surface area contributed by atoms with E-state index in [9.17, 15) is 14.4 Å². The van der Waals surface area contributed by atoms with Crippen LogP contribution in [0.5, 0.6) is 0 Å². The lowest BCUT2D eigenvalue weighted by atomic mass is 9.97. The van der Waals surface area contributed by atoms with Crippen molar-refractivity contribution in [3.05, 3.63) is 71.3 Å². The van der Waals surface area contributed by atoms with Gasteiger partial charge in [-0.15, -0.1) is 0 Å². The molecule has 164 valence electrons. The molecule has 0 aromatic heterocycles. The number of nitrogens with zero attached hydrogens (tertiary/aromatic N) is 1. The normalized spacial score (nSPS) is 15.2. The number of benzene rings is 2. The molecule has 1 aliphatic rings. The van der Waals surface area contributed by atoms with E-state index in [0.717, 1.165) is 37.9 Å². The van der Waals surface area contributed by atoms with Gasteiger partial charge in [-0.1, -0.05) is 50.6 Å². The minimum Gasteiger partial charge on any atom is -0.350 e. The van der Waals surface area contributed by atoms with Gasteiger partial charge in [0.05, 0.1) is 0 Å². The summed E-state index contributed by atoms with van der Waals surface area (Å²) in [5.41, 5.74) is 2.11. The average Bonchev–Trinajstić information content (AvgIpc) is 3.36. The van der Waals surface area contributed by atoms with Crippen molar-refractivity contribution >= 4 is 17.7 Å². The topological polar surface area (TPSA) is 78.5 Å². The first-order valence-corrected chi connectivity index (χ1v) is 11.0. The first kappa shape index (κ1) is 22.5. The molecule has 2 N–H and O–H groups in total. The van der Waals surface area contributed by atoms with Crippen molar-refractivity contribution in [2.24, 2.45) is 5.92 Å². The Morgan fingerprint density at radius 2 is 1.58 bits per heavy atom. The van der Waals surface area contributed by atoms with Gasteiger partial charge in [-0.2, -0.15) is 0 Å². The maximum Gasteiger partial charge on any atom is 0.253 e. The van der Waals surface area contributed by atoms with E-state index < -0.39 is 6.04 Å². The van der Waals surface area contributed by atoms with Crippen LogP contribution in [-0.2, 0) is 11.3 Å². The molecule has 6 heteroatoms. The van der Waals surface area contributed by atoms with Crippen molar-refractivity contribution in [2.45, 2.75) is 45.7 Å². The minimum atomic E-state index is -0.617. The fraction of sp³-hybridized carbons (Fsp3) is 0.400. The quantitative estimate of drug-likeness (QED) is 0.686. The van der Waals surface area contributed by atoms with Crippen LogP contribution in [0.15, 0.2) is 54.6 Å². The summed E-state index contributed by atoms with van der Waals surface area (Å²) in [6.07, 6.45) is 2.89. The Balaban J connectivity index is 1.58. The zero-order valence-electron chi connectivity index (χ0n) is 18.3. The minimum absolute atomic E-state index is 0.00637. The van der Waals surface area contributed by atoms with Gasteiger partial charge in [0.15, 0.2) is 0 Å². The van der Waals surface area contributed by atoms with Crippen LogP contribution in [0.3, 0.4) is 0 Å². The van der Waals surface area contributed by atoms with Gasteiger partial charge in [-0.05, 0) is 48.6 Å². The Labute approximate surface area is 184 Å². The predicted octanol–water partition coefficient (Wildman–Crippen LogP) is 3.38. The summed E-state index contributed by atoms with van der Waals surface area (Å²) in [7, 11) is 0. The Kier molecular flexibility index (Phi) is 7.82. The number of likely N-dealkylation sites (tertiary alicyclic amines) is 1. The van der Waals surface area contributed by atoms with Crippen molar-refractivity contribution in [3.8, 4) is 0 Å². The van der Waals surface area contributed by atoms with E-state index in [1.165, 1.54) is 0 Å². The van der Waals surface area contributed by atoms with Crippen LogP contribution in [0.4, 0.5) is 0 Å². The number of amides is 3. The fourth-order valence-corrected chi connectivity index (χ4v) is 3.68. The molecule has 0 saturated carbocycles. The molecular formula is C25H31N3O3. The summed E-state index contributed by atoms with van der Waals surface area (Å²) >= 11 is 0. The molecule has 3 amide bonds. The number of hydrogen-bond acceptors (Lipinski definition) is 3. The second-order valence-corrected chi connectivity index (χ2v) is 8.12. The highest BCUT2D eigenvalue weighted by atomic mass is 16.2. The number of carbonyl (C=O) groups excluding carboxylic acids is 3. The average molecular weight is 422 g/mol. The van der Waals surface area contributed by atoms with Crippen LogP contribution in [-0.4, -0.2) is 41.8 Å². The maximum absolute atomic E-state index is 12.8. The highest BCUT2D eigenvalue weighted by molar-refractivity contribution is 5.97. The number of rotatable bonds is 8. The highest BCUT2D eigenvalue weighted by Crippen LogP contribution is 2.14. The molecule has 6 nitrogen and oxygen atoms in total. The SMILES string of the molecule is CC[C@H](C)[C@@H](NC(=O)c1ccccc1)C(=O)NCc1ccc(C(=O)N2CCCC2)cc1. The lowest BCUT2D eigenvalue weighted by Gasteiger charge is -2.23. The zero-order valence-corrected chi connectivity index (χ0v) is 18.3. The molecule has 1 heterocycles. The zero-order chi connectivity index (χ0) is 22.2.